The zero-order chi connectivity index (χ0) is 17.9. The van der Waals surface area contributed by atoms with Gasteiger partial charge in [0, 0.05) is 17.8 Å². The predicted molar refractivity (Wildman–Crippen MR) is 90.6 cm³/mol. The minimum absolute atomic E-state index is 0.0672. The zero-order valence-electron chi connectivity index (χ0n) is 13.1. The smallest absolute Gasteiger partial charge is 0.324 e. The van der Waals surface area contributed by atoms with Crippen molar-refractivity contribution in [1.82, 2.24) is 4.72 Å². The number of nitrogens with one attached hydrogen (secondary N) is 2. The van der Waals surface area contributed by atoms with Crippen molar-refractivity contribution in [3.8, 4) is 6.07 Å². The number of sulfonamides is 1. The summed E-state index contributed by atoms with van der Waals surface area (Å²) in [6, 6.07) is 14.3. The lowest BCUT2D eigenvalue weighted by molar-refractivity contribution is -0.139. The Morgan fingerprint density at radius 1 is 1.04 bits per heavy atom. The van der Waals surface area contributed by atoms with Crippen LogP contribution < -0.4 is 10.0 Å². The number of hydrogen-bond donors (Lipinski definition) is 2. The van der Waals surface area contributed by atoms with E-state index in [4.69, 9.17) is 10.00 Å². The second-order valence-corrected chi connectivity index (χ2v) is 7.18. The maximum Gasteiger partial charge on any atom is 0.324 e. The summed E-state index contributed by atoms with van der Waals surface area (Å²) < 4.78 is 31.7. The fourth-order valence-corrected chi connectivity index (χ4v) is 3.59. The molecule has 2 aromatic carbocycles. The topological polar surface area (TPSA) is 108 Å². The van der Waals surface area contributed by atoms with E-state index in [2.05, 4.69) is 10.0 Å². The Bertz CT molecular complexity index is 916. The van der Waals surface area contributed by atoms with Crippen LogP contribution in [0.4, 0.5) is 11.4 Å². The molecule has 0 unspecified atom stereocenters. The molecule has 25 heavy (non-hydrogen) atoms. The maximum absolute atomic E-state index is 12.3. The first kappa shape index (κ1) is 17.0. The average molecular weight is 357 g/mol. The minimum Gasteiger partial charge on any atom is -0.464 e. The van der Waals surface area contributed by atoms with E-state index in [-0.39, 0.29) is 11.5 Å². The Morgan fingerprint density at radius 2 is 1.64 bits per heavy atom. The molecule has 0 spiro atoms. The number of benzene rings is 2. The van der Waals surface area contributed by atoms with E-state index in [0.717, 1.165) is 5.69 Å². The Balaban J connectivity index is 1.70. The Labute approximate surface area is 145 Å². The van der Waals surface area contributed by atoms with Crippen molar-refractivity contribution in [2.24, 2.45) is 0 Å². The quantitative estimate of drug-likeness (QED) is 0.791. The molecule has 1 heterocycles. The number of esters is 1. The van der Waals surface area contributed by atoms with Gasteiger partial charge in [0.2, 0.25) is 10.0 Å². The van der Waals surface area contributed by atoms with Gasteiger partial charge in [-0.3, -0.25) is 4.79 Å². The lowest BCUT2D eigenvalue weighted by Gasteiger charge is -2.11. The van der Waals surface area contributed by atoms with E-state index in [1.165, 1.54) is 12.1 Å². The third-order valence-electron chi connectivity index (χ3n) is 3.70. The van der Waals surface area contributed by atoms with E-state index in [1.807, 2.05) is 6.07 Å². The first-order valence-corrected chi connectivity index (χ1v) is 9.02. The van der Waals surface area contributed by atoms with Gasteiger partial charge in [-0.2, -0.15) is 9.98 Å². The number of rotatable bonds is 5. The van der Waals surface area contributed by atoms with Crippen LogP contribution in [0.2, 0.25) is 0 Å². The second kappa shape index (κ2) is 6.93. The molecule has 0 radical (unpaired) electrons. The number of nitrogens with zero attached hydrogens (tertiary/aromatic N) is 1. The van der Waals surface area contributed by atoms with Crippen molar-refractivity contribution in [2.75, 3.05) is 11.9 Å². The second-order valence-electron chi connectivity index (χ2n) is 5.47. The molecule has 0 saturated carbocycles. The molecule has 1 aliphatic rings. The van der Waals surface area contributed by atoms with Crippen LogP contribution in [-0.4, -0.2) is 27.0 Å². The van der Waals surface area contributed by atoms with Crippen LogP contribution in [0.25, 0.3) is 0 Å². The summed E-state index contributed by atoms with van der Waals surface area (Å²) in [5.74, 6) is -0.553. The molecule has 1 aliphatic heterocycles. The number of ether oxygens (including phenoxy) is 1. The Kier molecular flexibility index (Phi) is 4.70. The highest BCUT2D eigenvalue weighted by molar-refractivity contribution is 7.89. The molecule has 0 aromatic heterocycles. The number of anilines is 2. The number of carbonyl (C=O) groups is 1. The molecule has 7 nitrogen and oxygen atoms in total. The van der Waals surface area contributed by atoms with Gasteiger partial charge < -0.3 is 10.1 Å². The van der Waals surface area contributed by atoms with E-state index >= 15 is 0 Å². The van der Waals surface area contributed by atoms with Gasteiger partial charge in [0.1, 0.15) is 6.04 Å². The summed E-state index contributed by atoms with van der Waals surface area (Å²) in [7, 11) is -3.79. The van der Waals surface area contributed by atoms with Crippen LogP contribution >= 0.6 is 0 Å². The van der Waals surface area contributed by atoms with Crippen LogP contribution in [0.5, 0.6) is 0 Å². The highest BCUT2D eigenvalue weighted by Gasteiger charge is 2.31. The van der Waals surface area contributed by atoms with Crippen molar-refractivity contribution >= 4 is 27.4 Å². The van der Waals surface area contributed by atoms with E-state index in [0.29, 0.717) is 17.7 Å². The summed E-state index contributed by atoms with van der Waals surface area (Å²) in [4.78, 5) is 11.5. The van der Waals surface area contributed by atoms with Gasteiger partial charge in [-0.15, -0.1) is 0 Å². The molecule has 0 bridgehead atoms. The van der Waals surface area contributed by atoms with Crippen molar-refractivity contribution in [2.45, 2.75) is 17.4 Å². The lowest BCUT2D eigenvalue weighted by Crippen LogP contribution is -2.37. The van der Waals surface area contributed by atoms with Crippen molar-refractivity contribution in [3.05, 3.63) is 54.1 Å². The van der Waals surface area contributed by atoms with Crippen LogP contribution in [0.15, 0.2) is 53.4 Å². The Morgan fingerprint density at radius 3 is 2.16 bits per heavy atom. The summed E-state index contributed by atoms with van der Waals surface area (Å²) in [6.07, 6.45) is 0.330. The van der Waals surface area contributed by atoms with Crippen molar-refractivity contribution in [1.29, 1.82) is 5.26 Å². The summed E-state index contributed by atoms with van der Waals surface area (Å²) in [6.45, 7) is 0.222. The van der Waals surface area contributed by atoms with Gasteiger partial charge in [0.15, 0.2) is 0 Å². The van der Waals surface area contributed by atoms with Gasteiger partial charge >= 0.3 is 5.97 Å². The monoisotopic (exact) mass is 357 g/mol. The Hall–Kier alpha value is -2.89. The molecule has 0 amide bonds. The molecule has 2 aromatic rings. The predicted octanol–water partition coefficient (Wildman–Crippen LogP) is 1.90. The van der Waals surface area contributed by atoms with Crippen LogP contribution in [-0.2, 0) is 19.6 Å². The fourth-order valence-electron chi connectivity index (χ4n) is 2.37. The van der Waals surface area contributed by atoms with E-state index in [1.54, 1.807) is 36.4 Å². The molecular weight excluding hydrogens is 342 g/mol. The first-order chi connectivity index (χ1) is 12.0. The van der Waals surface area contributed by atoms with Crippen LogP contribution in [0, 0.1) is 11.3 Å². The SMILES string of the molecule is N#Cc1ccc(Nc2ccc(S(=O)(=O)N[C@H]3CCOC3=O)cc2)cc1. The van der Waals surface area contributed by atoms with Crippen molar-refractivity contribution < 1.29 is 17.9 Å². The molecule has 0 aliphatic carbocycles. The third-order valence-corrected chi connectivity index (χ3v) is 5.19. The molecule has 1 fully saturated rings. The lowest BCUT2D eigenvalue weighted by atomic mass is 10.2. The number of carbonyl (C=O) groups excluding carboxylic acids is 1. The summed E-state index contributed by atoms with van der Waals surface area (Å²) >= 11 is 0. The molecule has 2 N–H and O–H groups in total. The normalized spacial score (nSPS) is 16.9. The van der Waals surface area contributed by atoms with Crippen LogP contribution in [0.1, 0.15) is 12.0 Å². The number of nitriles is 1. The summed E-state index contributed by atoms with van der Waals surface area (Å²) in [5, 5.41) is 11.9. The molecule has 1 atom stereocenters. The molecular formula is C17H15N3O4S. The van der Waals surface area contributed by atoms with Gasteiger partial charge in [-0.1, -0.05) is 0 Å². The number of cyclic esters (lactones) is 1. The molecule has 8 heteroatoms. The number of hydrogen-bond acceptors (Lipinski definition) is 6. The van der Waals surface area contributed by atoms with Gasteiger partial charge in [-0.05, 0) is 48.5 Å². The van der Waals surface area contributed by atoms with Gasteiger partial charge in [0.25, 0.3) is 0 Å². The van der Waals surface area contributed by atoms with Gasteiger partial charge in [-0.25, -0.2) is 8.42 Å². The summed E-state index contributed by atoms with van der Waals surface area (Å²) in [5.41, 5.74) is 2.04. The zero-order valence-corrected chi connectivity index (χ0v) is 13.9. The highest BCUT2D eigenvalue weighted by Crippen LogP contribution is 2.20. The average Bonchev–Trinajstić information content (AvgIpc) is 3.00. The highest BCUT2D eigenvalue weighted by atomic mass is 32.2. The van der Waals surface area contributed by atoms with Crippen LogP contribution in [0.3, 0.4) is 0 Å². The first-order valence-electron chi connectivity index (χ1n) is 7.54. The minimum atomic E-state index is -3.79. The molecule has 128 valence electrons. The van der Waals surface area contributed by atoms with E-state index < -0.39 is 22.0 Å². The van der Waals surface area contributed by atoms with E-state index in [9.17, 15) is 13.2 Å². The fraction of sp³-hybridized carbons (Fsp3) is 0.176. The molecule has 1 saturated heterocycles. The standard InChI is InChI=1S/C17H15N3O4S/c18-11-12-1-3-13(4-2-12)19-14-5-7-15(8-6-14)25(22,23)20-16-9-10-24-17(16)21/h1-8,16,19-20H,9-10H2/t16-/m0/s1. The largest absolute Gasteiger partial charge is 0.464 e. The van der Waals surface area contributed by atoms with Crippen molar-refractivity contribution in [3.63, 3.8) is 0 Å². The molecule has 3 rings (SSSR count). The third kappa shape index (κ3) is 3.96. The maximum atomic E-state index is 12.3. The van der Waals surface area contributed by atoms with Gasteiger partial charge in [0.05, 0.1) is 23.1 Å².